The third kappa shape index (κ3) is 2.70. The molecule has 3 aromatic rings. The van der Waals surface area contributed by atoms with Gasteiger partial charge in [0.15, 0.2) is 0 Å². The van der Waals surface area contributed by atoms with Crippen LogP contribution in [0.1, 0.15) is 5.56 Å². The first-order valence-electron chi connectivity index (χ1n) is 6.84. The second-order valence-corrected chi connectivity index (χ2v) is 5.38. The minimum absolute atomic E-state index is 0.0219. The first-order chi connectivity index (χ1) is 11.1. The Hall–Kier alpha value is -3.03. The SMILES string of the molecule is N#Cc1c(N)ncc(-c2ccccc2)c1-c1cc(Cl)ccc1O. The van der Waals surface area contributed by atoms with Crippen LogP contribution in [0.15, 0.2) is 54.7 Å². The third-order valence-electron chi connectivity index (χ3n) is 3.53. The molecule has 1 aromatic heterocycles. The summed E-state index contributed by atoms with van der Waals surface area (Å²) in [5, 5.41) is 20.2. The molecule has 112 valence electrons. The Kier molecular flexibility index (Phi) is 3.88. The summed E-state index contributed by atoms with van der Waals surface area (Å²) in [6, 6.07) is 16.2. The number of phenolic OH excluding ortho intramolecular Hbond substituents is 1. The fraction of sp³-hybridized carbons (Fsp3) is 0. The molecule has 0 aliphatic rings. The van der Waals surface area contributed by atoms with Crippen molar-refractivity contribution in [2.45, 2.75) is 0 Å². The number of nitriles is 1. The average molecular weight is 322 g/mol. The number of aromatic nitrogens is 1. The van der Waals surface area contributed by atoms with Crippen LogP contribution in [0, 0.1) is 11.3 Å². The number of rotatable bonds is 2. The number of pyridine rings is 1. The summed E-state index contributed by atoms with van der Waals surface area (Å²) in [6.45, 7) is 0. The maximum Gasteiger partial charge on any atom is 0.141 e. The molecule has 1 heterocycles. The van der Waals surface area contributed by atoms with Gasteiger partial charge in [0.2, 0.25) is 0 Å². The molecule has 5 heteroatoms. The van der Waals surface area contributed by atoms with Gasteiger partial charge >= 0.3 is 0 Å². The van der Waals surface area contributed by atoms with Crippen LogP contribution in [0.2, 0.25) is 5.02 Å². The lowest BCUT2D eigenvalue weighted by atomic mass is 9.92. The molecule has 4 nitrogen and oxygen atoms in total. The van der Waals surface area contributed by atoms with Gasteiger partial charge in [0.1, 0.15) is 23.2 Å². The van der Waals surface area contributed by atoms with Crippen LogP contribution in [0.5, 0.6) is 5.75 Å². The summed E-state index contributed by atoms with van der Waals surface area (Å²) < 4.78 is 0. The van der Waals surface area contributed by atoms with Crippen LogP contribution in [-0.4, -0.2) is 10.1 Å². The van der Waals surface area contributed by atoms with Gasteiger partial charge in [-0.1, -0.05) is 41.9 Å². The standard InChI is InChI=1S/C18H12ClN3O/c19-12-6-7-16(23)13(8-12)17-14(9-20)18(21)22-10-15(17)11-4-2-1-3-5-11/h1-8,10,23H,(H2,21,22). The van der Waals surface area contributed by atoms with E-state index in [1.54, 1.807) is 18.3 Å². The van der Waals surface area contributed by atoms with Crippen molar-refractivity contribution in [3.63, 3.8) is 0 Å². The number of hydrogen-bond donors (Lipinski definition) is 2. The van der Waals surface area contributed by atoms with E-state index in [0.29, 0.717) is 21.7 Å². The fourth-order valence-corrected chi connectivity index (χ4v) is 2.64. The lowest BCUT2D eigenvalue weighted by Crippen LogP contribution is -2.00. The summed E-state index contributed by atoms with van der Waals surface area (Å²) in [4.78, 5) is 4.11. The molecule has 23 heavy (non-hydrogen) atoms. The van der Waals surface area contributed by atoms with Crippen LogP contribution >= 0.6 is 11.6 Å². The lowest BCUT2D eigenvalue weighted by molar-refractivity contribution is 0.477. The minimum atomic E-state index is 0.0219. The number of aromatic hydroxyl groups is 1. The van der Waals surface area contributed by atoms with Gasteiger partial charge < -0.3 is 10.8 Å². The van der Waals surface area contributed by atoms with Crippen LogP contribution < -0.4 is 5.73 Å². The Balaban J connectivity index is 2.40. The summed E-state index contributed by atoms with van der Waals surface area (Å²) in [5.74, 6) is 0.134. The molecular weight excluding hydrogens is 310 g/mol. The number of nitrogen functional groups attached to an aromatic ring is 1. The van der Waals surface area contributed by atoms with E-state index in [9.17, 15) is 10.4 Å². The number of anilines is 1. The number of phenols is 1. The topological polar surface area (TPSA) is 82.9 Å². The van der Waals surface area contributed by atoms with E-state index in [1.807, 2.05) is 30.3 Å². The Bertz CT molecular complexity index is 918. The smallest absolute Gasteiger partial charge is 0.141 e. The predicted molar refractivity (Wildman–Crippen MR) is 90.9 cm³/mol. The molecule has 3 rings (SSSR count). The summed E-state index contributed by atoms with van der Waals surface area (Å²) in [7, 11) is 0. The highest BCUT2D eigenvalue weighted by Crippen LogP contribution is 2.41. The van der Waals surface area contributed by atoms with Crippen LogP contribution in [0.4, 0.5) is 5.82 Å². The zero-order chi connectivity index (χ0) is 16.4. The second kappa shape index (κ2) is 5.99. The number of nitrogens with zero attached hydrogens (tertiary/aromatic N) is 2. The van der Waals surface area contributed by atoms with Gasteiger partial charge in [0.05, 0.1) is 0 Å². The van der Waals surface area contributed by atoms with Crippen LogP contribution in [0.25, 0.3) is 22.3 Å². The Morgan fingerprint density at radius 2 is 1.83 bits per heavy atom. The van der Waals surface area contributed by atoms with E-state index in [4.69, 9.17) is 17.3 Å². The van der Waals surface area contributed by atoms with E-state index < -0.39 is 0 Å². The number of benzene rings is 2. The van der Waals surface area contributed by atoms with Gasteiger partial charge in [-0.2, -0.15) is 5.26 Å². The van der Waals surface area contributed by atoms with Crippen molar-refractivity contribution in [1.82, 2.24) is 4.98 Å². The van der Waals surface area contributed by atoms with Crippen molar-refractivity contribution >= 4 is 17.4 Å². The van der Waals surface area contributed by atoms with Gasteiger partial charge in [-0.15, -0.1) is 0 Å². The highest BCUT2D eigenvalue weighted by atomic mass is 35.5. The molecule has 0 saturated heterocycles. The van der Waals surface area contributed by atoms with Crippen LogP contribution in [-0.2, 0) is 0 Å². The lowest BCUT2D eigenvalue weighted by Gasteiger charge is -2.14. The zero-order valence-corrected chi connectivity index (χ0v) is 12.7. The van der Waals surface area contributed by atoms with Gasteiger partial charge in [-0.25, -0.2) is 4.98 Å². The van der Waals surface area contributed by atoms with E-state index in [0.717, 1.165) is 5.56 Å². The Morgan fingerprint density at radius 1 is 1.09 bits per heavy atom. The number of halogens is 1. The summed E-state index contributed by atoms with van der Waals surface area (Å²) in [6.07, 6.45) is 1.60. The molecule has 0 saturated carbocycles. The van der Waals surface area contributed by atoms with Crippen molar-refractivity contribution in [2.24, 2.45) is 0 Å². The van der Waals surface area contributed by atoms with E-state index >= 15 is 0 Å². The molecule has 2 aromatic carbocycles. The van der Waals surface area contributed by atoms with Crippen molar-refractivity contribution in [3.8, 4) is 34.1 Å². The maximum absolute atomic E-state index is 10.2. The van der Waals surface area contributed by atoms with Crippen molar-refractivity contribution in [1.29, 1.82) is 5.26 Å². The van der Waals surface area contributed by atoms with E-state index in [2.05, 4.69) is 11.1 Å². The second-order valence-electron chi connectivity index (χ2n) is 4.95. The molecular formula is C18H12ClN3O. The highest BCUT2D eigenvalue weighted by Gasteiger charge is 2.19. The molecule has 0 fully saturated rings. The van der Waals surface area contributed by atoms with Crippen LogP contribution in [0.3, 0.4) is 0 Å². The van der Waals surface area contributed by atoms with Gasteiger partial charge in [0, 0.05) is 27.9 Å². The monoisotopic (exact) mass is 321 g/mol. The largest absolute Gasteiger partial charge is 0.507 e. The third-order valence-corrected chi connectivity index (χ3v) is 3.77. The summed E-state index contributed by atoms with van der Waals surface area (Å²) in [5.41, 5.74) is 8.60. The van der Waals surface area contributed by atoms with Gasteiger partial charge in [-0.3, -0.25) is 0 Å². The van der Waals surface area contributed by atoms with Crippen molar-refractivity contribution < 1.29 is 5.11 Å². The summed E-state index contributed by atoms with van der Waals surface area (Å²) >= 11 is 6.06. The number of hydrogen-bond acceptors (Lipinski definition) is 4. The highest BCUT2D eigenvalue weighted by molar-refractivity contribution is 6.31. The molecule has 0 radical (unpaired) electrons. The van der Waals surface area contributed by atoms with Crippen molar-refractivity contribution in [3.05, 3.63) is 65.3 Å². The molecule has 3 N–H and O–H groups in total. The molecule has 0 spiro atoms. The molecule has 0 atom stereocenters. The Morgan fingerprint density at radius 3 is 2.52 bits per heavy atom. The van der Waals surface area contributed by atoms with Crippen molar-refractivity contribution in [2.75, 3.05) is 5.73 Å². The Labute approximate surface area is 138 Å². The van der Waals surface area contributed by atoms with E-state index in [1.165, 1.54) is 6.07 Å². The van der Waals surface area contributed by atoms with E-state index in [-0.39, 0.29) is 17.1 Å². The van der Waals surface area contributed by atoms with Gasteiger partial charge in [-0.05, 0) is 23.8 Å². The zero-order valence-electron chi connectivity index (χ0n) is 12.0. The molecule has 0 unspecified atom stereocenters. The maximum atomic E-state index is 10.2. The minimum Gasteiger partial charge on any atom is -0.507 e. The predicted octanol–water partition coefficient (Wildman–Crippen LogP) is 4.23. The average Bonchev–Trinajstić information content (AvgIpc) is 2.57. The quantitative estimate of drug-likeness (QED) is 0.740. The van der Waals surface area contributed by atoms with Gasteiger partial charge in [0.25, 0.3) is 0 Å². The molecule has 0 bridgehead atoms. The number of nitrogens with two attached hydrogens (primary N) is 1. The molecule has 0 aliphatic heterocycles. The molecule has 0 aliphatic carbocycles. The molecule has 0 amide bonds. The first-order valence-corrected chi connectivity index (χ1v) is 7.22. The fourth-order valence-electron chi connectivity index (χ4n) is 2.46. The normalized spacial score (nSPS) is 10.3. The first kappa shape index (κ1) is 14.9.